The first-order valence-corrected chi connectivity index (χ1v) is 5.67. The number of esters is 1. The van der Waals surface area contributed by atoms with E-state index >= 15 is 0 Å². The van der Waals surface area contributed by atoms with E-state index in [2.05, 4.69) is 18.6 Å². The molecule has 0 aliphatic heterocycles. The maximum Gasteiger partial charge on any atom is 0.338 e. The monoisotopic (exact) mass is 251 g/mol. The fourth-order valence-corrected chi connectivity index (χ4v) is 1.17. The summed E-state index contributed by atoms with van der Waals surface area (Å²) in [5.74, 6) is -0.134. The Morgan fingerprint density at radius 1 is 1.22 bits per heavy atom. The first-order valence-electron chi connectivity index (χ1n) is 5.67. The number of nitrogens with two attached hydrogens (primary N) is 1. The van der Waals surface area contributed by atoms with E-state index in [9.17, 15) is 9.59 Å². The predicted molar refractivity (Wildman–Crippen MR) is 66.3 cm³/mol. The third-order valence-electron chi connectivity index (χ3n) is 2.02. The van der Waals surface area contributed by atoms with Crippen LogP contribution >= 0.6 is 0 Å². The number of hydrogen-bond donors (Lipinski definition) is 1. The van der Waals surface area contributed by atoms with Crippen molar-refractivity contribution in [3.8, 4) is 5.75 Å². The number of carbonyl (C=O) groups excluding carboxylic acids is 2. The van der Waals surface area contributed by atoms with Gasteiger partial charge in [0.05, 0.1) is 12.2 Å². The molecule has 0 saturated carbocycles. The minimum atomic E-state index is -0.680. The maximum atomic E-state index is 11.5. The third kappa shape index (κ3) is 4.86. The lowest BCUT2D eigenvalue weighted by Gasteiger charge is -2.09. The van der Waals surface area contributed by atoms with E-state index in [1.165, 1.54) is 0 Å². The van der Waals surface area contributed by atoms with Gasteiger partial charge in [-0.1, -0.05) is 13.8 Å². The lowest BCUT2D eigenvalue weighted by molar-refractivity contribution is -0.121. The van der Waals surface area contributed by atoms with Gasteiger partial charge < -0.3 is 15.2 Å². The second-order valence-electron chi connectivity index (χ2n) is 4.27. The van der Waals surface area contributed by atoms with Crippen LogP contribution in [0.25, 0.3) is 0 Å². The molecule has 0 fully saturated rings. The van der Waals surface area contributed by atoms with Crippen molar-refractivity contribution in [2.75, 3.05) is 13.2 Å². The van der Waals surface area contributed by atoms with E-state index in [0.717, 1.165) is 0 Å². The zero-order valence-corrected chi connectivity index (χ0v) is 10.5. The SMILES string of the molecule is CC(C)COc1ccc(C(=O)OCC(N)=O)cc1. The zero-order chi connectivity index (χ0) is 13.5. The first-order chi connectivity index (χ1) is 8.49. The van der Waals surface area contributed by atoms with Gasteiger partial charge in [0.2, 0.25) is 0 Å². The highest BCUT2D eigenvalue weighted by Gasteiger charge is 2.08. The number of amides is 1. The molecule has 0 spiro atoms. The summed E-state index contributed by atoms with van der Waals surface area (Å²) < 4.78 is 10.1. The largest absolute Gasteiger partial charge is 0.493 e. The third-order valence-corrected chi connectivity index (χ3v) is 2.02. The molecule has 0 saturated heterocycles. The Kier molecular flexibility index (Phi) is 5.17. The Hall–Kier alpha value is -2.04. The molecule has 2 N–H and O–H groups in total. The molecule has 98 valence electrons. The summed E-state index contributed by atoms with van der Waals surface area (Å²) in [5, 5.41) is 0. The summed E-state index contributed by atoms with van der Waals surface area (Å²) in [5.41, 5.74) is 5.23. The quantitative estimate of drug-likeness (QED) is 0.774. The molecule has 0 aliphatic rings. The van der Waals surface area contributed by atoms with Crippen LogP contribution in [0, 0.1) is 5.92 Å². The van der Waals surface area contributed by atoms with E-state index in [1.807, 2.05) is 0 Å². The van der Waals surface area contributed by atoms with Gasteiger partial charge >= 0.3 is 5.97 Å². The minimum absolute atomic E-state index is 0.355. The summed E-state index contributed by atoms with van der Waals surface area (Å²) >= 11 is 0. The molecular formula is C13H17NO4. The molecule has 1 rings (SSSR count). The van der Waals surface area contributed by atoms with Crippen LogP contribution in [0.4, 0.5) is 0 Å². The van der Waals surface area contributed by atoms with Gasteiger partial charge in [-0.05, 0) is 30.2 Å². The summed E-state index contributed by atoms with van der Waals surface area (Å²) in [7, 11) is 0. The number of primary amides is 1. The molecule has 0 heterocycles. The van der Waals surface area contributed by atoms with Crippen LogP contribution in [0.3, 0.4) is 0 Å². The topological polar surface area (TPSA) is 78.6 Å². The average molecular weight is 251 g/mol. The second-order valence-corrected chi connectivity index (χ2v) is 4.27. The number of carbonyl (C=O) groups is 2. The highest BCUT2D eigenvalue weighted by atomic mass is 16.5. The minimum Gasteiger partial charge on any atom is -0.493 e. The fraction of sp³-hybridized carbons (Fsp3) is 0.385. The van der Waals surface area contributed by atoms with Gasteiger partial charge in [0, 0.05) is 0 Å². The number of benzene rings is 1. The zero-order valence-electron chi connectivity index (χ0n) is 10.5. The van der Waals surface area contributed by atoms with Crippen molar-refractivity contribution >= 4 is 11.9 Å². The molecular weight excluding hydrogens is 234 g/mol. The molecule has 1 aromatic carbocycles. The standard InChI is InChI=1S/C13H17NO4/c1-9(2)7-17-11-5-3-10(4-6-11)13(16)18-8-12(14)15/h3-6,9H,7-8H2,1-2H3,(H2,14,15). The van der Waals surface area contributed by atoms with Gasteiger partial charge in [0.1, 0.15) is 5.75 Å². The molecule has 0 aliphatic carbocycles. The summed E-state index contributed by atoms with van der Waals surface area (Å²) in [6, 6.07) is 6.53. The van der Waals surface area contributed by atoms with Gasteiger partial charge in [0.25, 0.3) is 5.91 Å². The normalized spacial score (nSPS) is 10.2. The van der Waals surface area contributed by atoms with Crippen LogP contribution in [0.15, 0.2) is 24.3 Å². The first kappa shape index (κ1) is 14.0. The van der Waals surface area contributed by atoms with E-state index < -0.39 is 18.5 Å². The van der Waals surface area contributed by atoms with Crippen LogP contribution in [-0.4, -0.2) is 25.1 Å². The number of hydrogen-bond acceptors (Lipinski definition) is 4. The average Bonchev–Trinajstić information content (AvgIpc) is 2.34. The Morgan fingerprint density at radius 2 is 1.83 bits per heavy atom. The number of ether oxygens (including phenoxy) is 2. The fourth-order valence-electron chi connectivity index (χ4n) is 1.17. The van der Waals surface area contributed by atoms with Crippen LogP contribution in [-0.2, 0) is 9.53 Å². The summed E-state index contributed by atoms with van der Waals surface area (Å²) in [6.07, 6.45) is 0. The smallest absolute Gasteiger partial charge is 0.338 e. The highest BCUT2D eigenvalue weighted by molar-refractivity contribution is 5.91. The van der Waals surface area contributed by atoms with Gasteiger partial charge in [-0.15, -0.1) is 0 Å². The lowest BCUT2D eigenvalue weighted by atomic mass is 10.2. The number of rotatable bonds is 6. The van der Waals surface area contributed by atoms with Crippen molar-refractivity contribution in [3.05, 3.63) is 29.8 Å². The highest BCUT2D eigenvalue weighted by Crippen LogP contribution is 2.13. The Bertz CT molecular complexity index is 412. The van der Waals surface area contributed by atoms with Gasteiger partial charge in [-0.2, -0.15) is 0 Å². The Balaban J connectivity index is 2.53. The van der Waals surface area contributed by atoms with Crippen molar-refractivity contribution in [3.63, 3.8) is 0 Å². The molecule has 1 aromatic rings. The van der Waals surface area contributed by atoms with Crippen molar-refractivity contribution in [1.82, 2.24) is 0 Å². The molecule has 5 heteroatoms. The predicted octanol–water partition coefficient (Wildman–Crippen LogP) is 1.36. The molecule has 0 bridgehead atoms. The van der Waals surface area contributed by atoms with Crippen LogP contribution in [0.1, 0.15) is 24.2 Å². The molecule has 1 amide bonds. The van der Waals surface area contributed by atoms with Crippen molar-refractivity contribution in [2.45, 2.75) is 13.8 Å². The lowest BCUT2D eigenvalue weighted by Crippen LogP contribution is -2.20. The molecule has 5 nitrogen and oxygen atoms in total. The summed E-state index contributed by atoms with van der Waals surface area (Å²) in [4.78, 5) is 21.9. The van der Waals surface area contributed by atoms with E-state index in [1.54, 1.807) is 24.3 Å². The van der Waals surface area contributed by atoms with Gasteiger partial charge in [0.15, 0.2) is 6.61 Å². The maximum absolute atomic E-state index is 11.5. The van der Waals surface area contributed by atoms with Crippen LogP contribution in [0.5, 0.6) is 5.75 Å². The Labute approximate surface area is 106 Å². The van der Waals surface area contributed by atoms with Crippen molar-refractivity contribution in [2.24, 2.45) is 11.7 Å². The van der Waals surface area contributed by atoms with E-state index in [4.69, 9.17) is 10.5 Å². The molecule has 0 atom stereocenters. The van der Waals surface area contributed by atoms with Crippen molar-refractivity contribution in [1.29, 1.82) is 0 Å². The molecule has 0 aromatic heterocycles. The van der Waals surface area contributed by atoms with Gasteiger partial charge in [-0.25, -0.2) is 4.79 Å². The van der Waals surface area contributed by atoms with Crippen molar-refractivity contribution < 1.29 is 19.1 Å². The van der Waals surface area contributed by atoms with Crippen LogP contribution in [0.2, 0.25) is 0 Å². The van der Waals surface area contributed by atoms with E-state index in [-0.39, 0.29) is 0 Å². The summed E-state index contributed by atoms with van der Waals surface area (Å²) in [6.45, 7) is 4.31. The molecule has 0 unspecified atom stereocenters. The molecule has 18 heavy (non-hydrogen) atoms. The van der Waals surface area contributed by atoms with Crippen LogP contribution < -0.4 is 10.5 Å². The second kappa shape index (κ2) is 6.64. The van der Waals surface area contributed by atoms with Gasteiger partial charge in [-0.3, -0.25) is 4.79 Å². The molecule has 0 radical (unpaired) electrons. The van der Waals surface area contributed by atoms with E-state index in [0.29, 0.717) is 23.8 Å². The Morgan fingerprint density at radius 3 is 2.33 bits per heavy atom.